The van der Waals surface area contributed by atoms with Crippen LogP contribution >= 0.6 is 11.3 Å². The molecule has 0 saturated carbocycles. The second-order valence-corrected chi connectivity index (χ2v) is 5.45. The van der Waals surface area contributed by atoms with E-state index in [0.29, 0.717) is 18.6 Å². The molecule has 0 amide bonds. The summed E-state index contributed by atoms with van der Waals surface area (Å²) in [4.78, 5) is 26.0. The van der Waals surface area contributed by atoms with Crippen LogP contribution in [0, 0.1) is 6.92 Å². The number of piperidine rings is 1. The third-order valence-corrected chi connectivity index (χ3v) is 3.98. The maximum absolute atomic E-state index is 11.1. The monoisotopic (exact) mass is 237 g/mol. The fourth-order valence-corrected chi connectivity index (χ4v) is 2.82. The smallest absolute Gasteiger partial charge is 0.160 e. The van der Waals surface area contributed by atoms with Crippen LogP contribution in [0.15, 0.2) is 6.07 Å². The van der Waals surface area contributed by atoms with Crippen molar-refractivity contribution in [2.45, 2.75) is 26.3 Å². The lowest BCUT2D eigenvalue weighted by molar-refractivity contribution is -0.121. The molecule has 3 nitrogen and oxygen atoms in total. The molecule has 0 aromatic carbocycles. The number of thiophene rings is 1. The Kier molecular flexibility index (Phi) is 3.51. The zero-order valence-electron chi connectivity index (χ0n) is 9.36. The Balaban J connectivity index is 2.00. The molecule has 0 bridgehead atoms. The standard InChI is InChI=1S/C12H15NO2S/c1-9-10(6-12(8-14)16-9)7-13-4-2-11(15)3-5-13/h6,8H,2-5,7H2,1H3. The largest absolute Gasteiger partial charge is 0.300 e. The molecule has 1 saturated heterocycles. The number of nitrogens with zero attached hydrogens (tertiary/aromatic N) is 1. The highest BCUT2D eigenvalue weighted by Gasteiger charge is 2.17. The number of carbonyl (C=O) groups is 2. The lowest BCUT2D eigenvalue weighted by atomic mass is 10.1. The quantitative estimate of drug-likeness (QED) is 0.755. The Morgan fingerprint density at radius 3 is 2.69 bits per heavy atom. The first kappa shape index (κ1) is 11.5. The number of aldehydes is 1. The molecule has 0 unspecified atom stereocenters. The Morgan fingerprint density at radius 1 is 1.44 bits per heavy atom. The highest BCUT2D eigenvalue weighted by atomic mass is 32.1. The van der Waals surface area contributed by atoms with Crippen molar-refractivity contribution in [1.82, 2.24) is 4.90 Å². The fourth-order valence-electron chi connectivity index (χ4n) is 1.96. The molecule has 4 heteroatoms. The summed E-state index contributed by atoms with van der Waals surface area (Å²) in [6, 6.07) is 1.96. The molecule has 0 atom stereocenters. The summed E-state index contributed by atoms with van der Waals surface area (Å²) in [6.07, 6.45) is 2.24. The van der Waals surface area contributed by atoms with Gasteiger partial charge in [0, 0.05) is 37.4 Å². The highest BCUT2D eigenvalue weighted by Crippen LogP contribution is 2.22. The number of ketones is 1. The van der Waals surface area contributed by atoms with Crippen molar-refractivity contribution >= 4 is 23.4 Å². The molecule has 0 aliphatic carbocycles. The van der Waals surface area contributed by atoms with E-state index < -0.39 is 0 Å². The summed E-state index contributed by atoms with van der Waals surface area (Å²) < 4.78 is 0. The van der Waals surface area contributed by atoms with E-state index in [1.165, 1.54) is 10.4 Å². The van der Waals surface area contributed by atoms with Crippen LogP contribution in [0.1, 0.15) is 33.0 Å². The van der Waals surface area contributed by atoms with Gasteiger partial charge in [-0.15, -0.1) is 11.3 Å². The normalized spacial score (nSPS) is 17.7. The highest BCUT2D eigenvalue weighted by molar-refractivity contribution is 7.13. The number of aryl methyl sites for hydroxylation is 1. The van der Waals surface area contributed by atoms with Gasteiger partial charge >= 0.3 is 0 Å². The molecule has 2 heterocycles. The Hall–Kier alpha value is -1.00. The molecule has 2 rings (SSSR count). The summed E-state index contributed by atoms with van der Waals surface area (Å²) >= 11 is 1.54. The minimum absolute atomic E-state index is 0.367. The first-order chi connectivity index (χ1) is 7.69. The van der Waals surface area contributed by atoms with Gasteiger partial charge in [-0.3, -0.25) is 14.5 Å². The Bertz CT molecular complexity index is 401. The van der Waals surface area contributed by atoms with Gasteiger partial charge in [0.15, 0.2) is 6.29 Å². The van der Waals surface area contributed by atoms with Gasteiger partial charge in [-0.05, 0) is 18.6 Å². The number of carbonyl (C=O) groups excluding carboxylic acids is 2. The summed E-state index contributed by atoms with van der Waals surface area (Å²) in [5, 5.41) is 0. The van der Waals surface area contributed by atoms with E-state index in [-0.39, 0.29) is 0 Å². The van der Waals surface area contributed by atoms with Crippen LogP contribution < -0.4 is 0 Å². The molecular formula is C12H15NO2S. The van der Waals surface area contributed by atoms with Crippen LogP contribution in [-0.4, -0.2) is 30.1 Å². The molecule has 0 spiro atoms. The van der Waals surface area contributed by atoms with E-state index in [1.54, 1.807) is 11.3 Å². The molecule has 1 aromatic heterocycles. The van der Waals surface area contributed by atoms with Crippen LogP contribution in [-0.2, 0) is 11.3 Å². The molecule has 0 radical (unpaired) electrons. The van der Waals surface area contributed by atoms with Crippen molar-refractivity contribution in [2.75, 3.05) is 13.1 Å². The molecule has 16 heavy (non-hydrogen) atoms. The van der Waals surface area contributed by atoms with Crippen molar-refractivity contribution in [3.63, 3.8) is 0 Å². The Labute approximate surface area is 99.1 Å². The summed E-state index contributed by atoms with van der Waals surface area (Å²) in [5.74, 6) is 0.367. The fraction of sp³-hybridized carbons (Fsp3) is 0.500. The average Bonchev–Trinajstić information content (AvgIpc) is 2.63. The van der Waals surface area contributed by atoms with Gasteiger partial charge in [0.25, 0.3) is 0 Å². The first-order valence-corrected chi connectivity index (χ1v) is 6.29. The zero-order valence-corrected chi connectivity index (χ0v) is 10.2. The van der Waals surface area contributed by atoms with Gasteiger partial charge in [-0.25, -0.2) is 0 Å². The summed E-state index contributed by atoms with van der Waals surface area (Å²) in [6.45, 7) is 4.61. The molecule has 1 fully saturated rings. The van der Waals surface area contributed by atoms with Gasteiger partial charge in [0.05, 0.1) is 4.88 Å². The minimum Gasteiger partial charge on any atom is -0.300 e. The predicted octanol–water partition coefficient (Wildman–Crippen LogP) is 2.03. The number of rotatable bonds is 3. The zero-order chi connectivity index (χ0) is 11.5. The number of likely N-dealkylation sites (tertiary alicyclic amines) is 1. The summed E-state index contributed by atoms with van der Waals surface area (Å²) in [7, 11) is 0. The van der Waals surface area contributed by atoms with E-state index in [0.717, 1.165) is 30.8 Å². The van der Waals surface area contributed by atoms with Crippen LogP contribution in [0.4, 0.5) is 0 Å². The van der Waals surface area contributed by atoms with E-state index in [2.05, 4.69) is 4.90 Å². The van der Waals surface area contributed by atoms with Crippen LogP contribution in [0.25, 0.3) is 0 Å². The van der Waals surface area contributed by atoms with Gasteiger partial charge in [-0.1, -0.05) is 0 Å². The third-order valence-electron chi connectivity index (χ3n) is 2.96. The SMILES string of the molecule is Cc1sc(C=O)cc1CN1CCC(=O)CC1. The first-order valence-electron chi connectivity index (χ1n) is 5.47. The van der Waals surface area contributed by atoms with Gasteiger partial charge in [-0.2, -0.15) is 0 Å². The topological polar surface area (TPSA) is 37.4 Å². The van der Waals surface area contributed by atoms with E-state index in [1.807, 2.05) is 13.0 Å². The third kappa shape index (κ3) is 2.57. The second-order valence-electron chi connectivity index (χ2n) is 4.16. The lowest BCUT2D eigenvalue weighted by Crippen LogP contribution is -2.33. The molecule has 1 aliphatic rings. The van der Waals surface area contributed by atoms with E-state index in [9.17, 15) is 9.59 Å². The molecule has 1 aliphatic heterocycles. The second kappa shape index (κ2) is 4.89. The maximum Gasteiger partial charge on any atom is 0.160 e. The van der Waals surface area contributed by atoms with Gasteiger partial charge in [0.2, 0.25) is 0 Å². The van der Waals surface area contributed by atoms with Gasteiger partial charge < -0.3 is 0 Å². The van der Waals surface area contributed by atoms with E-state index >= 15 is 0 Å². The van der Waals surface area contributed by atoms with Crippen molar-refractivity contribution in [3.05, 3.63) is 21.4 Å². The maximum atomic E-state index is 11.1. The average molecular weight is 237 g/mol. The van der Waals surface area contributed by atoms with Crippen molar-refractivity contribution in [3.8, 4) is 0 Å². The van der Waals surface area contributed by atoms with Crippen molar-refractivity contribution < 1.29 is 9.59 Å². The summed E-state index contributed by atoms with van der Waals surface area (Å²) in [5.41, 5.74) is 1.22. The molecular weight excluding hydrogens is 222 g/mol. The molecule has 1 aromatic rings. The van der Waals surface area contributed by atoms with Gasteiger partial charge in [0.1, 0.15) is 5.78 Å². The number of Topliss-reactive ketones (excluding diaryl/α,β-unsaturated/α-hetero) is 1. The number of hydrogen-bond donors (Lipinski definition) is 0. The predicted molar refractivity (Wildman–Crippen MR) is 64.0 cm³/mol. The van der Waals surface area contributed by atoms with Crippen LogP contribution in [0.3, 0.4) is 0 Å². The van der Waals surface area contributed by atoms with Crippen LogP contribution in [0.2, 0.25) is 0 Å². The molecule has 0 N–H and O–H groups in total. The molecule has 86 valence electrons. The lowest BCUT2D eigenvalue weighted by Gasteiger charge is -2.25. The van der Waals surface area contributed by atoms with Crippen molar-refractivity contribution in [1.29, 1.82) is 0 Å². The number of hydrogen-bond acceptors (Lipinski definition) is 4. The Morgan fingerprint density at radius 2 is 2.12 bits per heavy atom. The van der Waals surface area contributed by atoms with Crippen LogP contribution in [0.5, 0.6) is 0 Å². The minimum atomic E-state index is 0.367. The van der Waals surface area contributed by atoms with Crippen molar-refractivity contribution in [2.24, 2.45) is 0 Å². The van der Waals surface area contributed by atoms with E-state index in [4.69, 9.17) is 0 Å².